The fourth-order valence-electron chi connectivity index (χ4n) is 3.67. The number of benzene rings is 1. The van der Waals surface area contributed by atoms with Crippen LogP contribution in [-0.2, 0) is 4.79 Å². The third kappa shape index (κ3) is 4.15. The minimum atomic E-state index is -0.956. The number of amides is 2. The predicted molar refractivity (Wildman–Crippen MR) is 104 cm³/mol. The minimum absolute atomic E-state index is 0.282. The summed E-state index contributed by atoms with van der Waals surface area (Å²) in [5.41, 5.74) is 8.41. The molecular formula is C21H26N4O2. The Morgan fingerprint density at radius 3 is 2.48 bits per heavy atom. The highest BCUT2D eigenvalue weighted by Crippen LogP contribution is 2.28. The highest BCUT2D eigenvalue weighted by atomic mass is 16.2. The highest BCUT2D eigenvalue weighted by molar-refractivity contribution is 5.99. The number of aryl methyl sites for hydroxylation is 2. The summed E-state index contributed by atoms with van der Waals surface area (Å²) < 4.78 is 0. The zero-order chi connectivity index (χ0) is 19.4. The van der Waals surface area contributed by atoms with Gasteiger partial charge in [-0.15, -0.1) is 0 Å². The number of hydrogen-bond donors (Lipinski definition) is 2. The van der Waals surface area contributed by atoms with E-state index in [1.165, 1.54) is 0 Å². The quantitative estimate of drug-likeness (QED) is 0.813. The van der Waals surface area contributed by atoms with Crippen molar-refractivity contribution >= 4 is 11.8 Å². The van der Waals surface area contributed by atoms with Crippen LogP contribution >= 0.6 is 0 Å². The molecule has 1 fully saturated rings. The Kier molecular flexibility index (Phi) is 5.54. The standard InChI is InChI=1S/C21H26N4O2/c1-14-13-23-15(2)18(24-14)16-8-7-9-17(12-16)19(26)25-21(20(22)27)10-5-3-4-6-11-21/h7-9,12-13H,3-6,10-11H2,1-2H3,(H2,22,27)(H,25,26). The van der Waals surface area contributed by atoms with Crippen LogP contribution in [-0.4, -0.2) is 27.3 Å². The molecular weight excluding hydrogens is 340 g/mol. The van der Waals surface area contributed by atoms with Crippen LogP contribution in [0.4, 0.5) is 0 Å². The highest BCUT2D eigenvalue weighted by Gasteiger charge is 2.38. The number of carbonyl (C=O) groups excluding carboxylic acids is 2. The summed E-state index contributed by atoms with van der Waals surface area (Å²) in [6.45, 7) is 3.78. The molecule has 1 aliphatic rings. The van der Waals surface area contributed by atoms with Crippen LogP contribution in [0.15, 0.2) is 30.5 Å². The fraction of sp³-hybridized carbons (Fsp3) is 0.429. The number of carbonyl (C=O) groups is 2. The number of hydrogen-bond acceptors (Lipinski definition) is 4. The molecule has 1 aliphatic carbocycles. The zero-order valence-electron chi connectivity index (χ0n) is 15.9. The van der Waals surface area contributed by atoms with Crippen LogP contribution in [0.5, 0.6) is 0 Å². The van der Waals surface area contributed by atoms with Crippen molar-refractivity contribution in [2.45, 2.75) is 57.9 Å². The van der Waals surface area contributed by atoms with Gasteiger partial charge in [0.15, 0.2) is 0 Å². The van der Waals surface area contributed by atoms with E-state index in [2.05, 4.69) is 15.3 Å². The van der Waals surface area contributed by atoms with E-state index in [0.717, 1.165) is 48.3 Å². The number of primary amides is 1. The first-order valence-electron chi connectivity index (χ1n) is 9.44. The predicted octanol–water partition coefficient (Wildman–Crippen LogP) is 3.07. The van der Waals surface area contributed by atoms with Crippen molar-refractivity contribution in [2.24, 2.45) is 5.73 Å². The van der Waals surface area contributed by atoms with Crippen LogP contribution < -0.4 is 11.1 Å². The smallest absolute Gasteiger partial charge is 0.252 e. The Bertz CT molecular complexity index is 855. The van der Waals surface area contributed by atoms with E-state index in [4.69, 9.17) is 5.73 Å². The molecule has 0 bridgehead atoms. The lowest BCUT2D eigenvalue weighted by atomic mass is 9.89. The third-order valence-corrected chi connectivity index (χ3v) is 5.26. The molecule has 27 heavy (non-hydrogen) atoms. The average Bonchev–Trinajstić information content (AvgIpc) is 2.90. The second-order valence-corrected chi connectivity index (χ2v) is 7.34. The summed E-state index contributed by atoms with van der Waals surface area (Å²) in [7, 11) is 0. The van der Waals surface area contributed by atoms with Gasteiger partial charge in [0, 0.05) is 17.3 Å². The lowest BCUT2D eigenvalue weighted by Gasteiger charge is -2.30. The van der Waals surface area contributed by atoms with Gasteiger partial charge in [-0.2, -0.15) is 0 Å². The molecule has 1 aromatic heterocycles. The lowest BCUT2D eigenvalue weighted by Crippen LogP contribution is -2.57. The van der Waals surface area contributed by atoms with Gasteiger partial charge in [-0.3, -0.25) is 14.6 Å². The van der Waals surface area contributed by atoms with Crippen molar-refractivity contribution in [3.05, 3.63) is 47.4 Å². The van der Waals surface area contributed by atoms with Gasteiger partial charge >= 0.3 is 0 Å². The van der Waals surface area contributed by atoms with Crippen molar-refractivity contribution in [3.63, 3.8) is 0 Å². The molecule has 2 aromatic rings. The number of nitrogens with one attached hydrogen (secondary N) is 1. The van der Waals surface area contributed by atoms with Gasteiger partial charge in [0.25, 0.3) is 5.91 Å². The molecule has 1 aromatic carbocycles. The van der Waals surface area contributed by atoms with Crippen molar-refractivity contribution in [3.8, 4) is 11.3 Å². The molecule has 1 saturated carbocycles. The second kappa shape index (κ2) is 7.86. The second-order valence-electron chi connectivity index (χ2n) is 7.34. The zero-order valence-corrected chi connectivity index (χ0v) is 15.9. The summed E-state index contributed by atoms with van der Waals surface area (Å²) in [5, 5.41) is 2.94. The Balaban J connectivity index is 1.89. The van der Waals surface area contributed by atoms with Gasteiger partial charge in [0.05, 0.1) is 17.1 Å². The first-order chi connectivity index (χ1) is 12.9. The molecule has 0 saturated heterocycles. The van der Waals surface area contributed by atoms with Crippen LogP contribution in [0.1, 0.15) is 60.3 Å². The van der Waals surface area contributed by atoms with E-state index < -0.39 is 11.4 Å². The average molecular weight is 366 g/mol. The molecule has 0 unspecified atom stereocenters. The molecule has 142 valence electrons. The summed E-state index contributed by atoms with van der Waals surface area (Å²) in [6.07, 6.45) is 6.81. The van der Waals surface area contributed by atoms with E-state index in [-0.39, 0.29) is 5.91 Å². The van der Waals surface area contributed by atoms with Crippen molar-refractivity contribution in [1.29, 1.82) is 0 Å². The van der Waals surface area contributed by atoms with Gasteiger partial charge < -0.3 is 11.1 Å². The summed E-state index contributed by atoms with van der Waals surface area (Å²) in [5.74, 6) is -0.731. The van der Waals surface area contributed by atoms with Crippen molar-refractivity contribution < 1.29 is 9.59 Å². The molecule has 6 nitrogen and oxygen atoms in total. The number of aromatic nitrogens is 2. The summed E-state index contributed by atoms with van der Waals surface area (Å²) in [6, 6.07) is 7.25. The van der Waals surface area contributed by atoms with Gasteiger partial charge in [-0.25, -0.2) is 4.98 Å². The van der Waals surface area contributed by atoms with Gasteiger partial charge in [0.2, 0.25) is 5.91 Å². The Hall–Kier alpha value is -2.76. The van der Waals surface area contributed by atoms with Crippen LogP contribution in [0.25, 0.3) is 11.3 Å². The lowest BCUT2D eigenvalue weighted by molar-refractivity contribution is -0.124. The number of nitrogens with two attached hydrogens (primary N) is 1. The molecule has 0 atom stereocenters. The third-order valence-electron chi connectivity index (χ3n) is 5.26. The monoisotopic (exact) mass is 366 g/mol. The fourth-order valence-corrected chi connectivity index (χ4v) is 3.67. The van der Waals surface area contributed by atoms with Crippen LogP contribution in [0.3, 0.4) is 0 Å². The maximum absolute atomic E-state index is 12.9. The Labute approximate surface area is 159 Å². The van der Waals surface area contributed by atoms with Crippen LogP contribution in [0, 0.1) is 13.8 Å². The first kappa shape index (κ1) is 19.0. The molecule has 0 radical (unpaired) electrons. The van der Waals surface area contributed by atoms with E-state index in [9.17, 15) is 9.59 Å². The molecule has 0 aliphatic heterocycles. The normalized spacial score (nSPS) is 16.4. The maximum atomic E-state index is 12.9. The van der Waals surface area contributed by atoms with Gasteiger partial charge in [-0.1, -0.05) is 37.8 Å². The van der Waals surface area contributed by atoms with E-state index >= 15 is 0 Å². The van der Waals surface area contributed by atoms with Gasteiger partial charge in [-0.05, 0) is 38.8 Å². The number of nitrogens with zero attached hydrogens (tertiary/aromatic N) is 2. The summed E-state index contributed by atoms with van der Waals surface area (Å²) >= 11 is 0. The van der Waals surface area contributed by atoms with Crippen LogP contribution in [0.2, 0.25) is 0 Å². The maximum Gasteiger partial charge on any atom is 0.252 e. The van der Waals surface area contributed by atoms with E-state index in [1.54, 1.807) is 18.3 Å². The van der Waals surface area contributed by atoms with E-state index in [0.29, 0.717) is 18.4 Å². The molecule has 2 amide bonds. The molecule has 1 heterocycles. The van der Waals surface area contributed by atoms with Gasteiger partial charge in [0.1, 0.15) is 5.54 Å². The molecule has 0 spiro atoms. The molecule has 3 rings (SSSR count). The Morgan fingerprint density at radius 1 is 1.11 bits per heavy atom. The number of rotatable bonds is 4. The Morgan fingerprint density at radius 2 is 1.81 bits per heavy atom. The first-order valence-corrected chi connectivity index (χ1v) is 9.44. The molecule has 6 heteroatoms. The van der Waals surface area contributed by atoms with E-state index in [1.807, 2.05) is 26.0 Å². The topological polar surface area (TPSA) is 98.0 Å². The largest absolute Gasteiger partial charge is 0.368 e. The van der Waals surface area contributed by atoms with Crippen molar-refractivity contribution in [1.82, 2.24) is 15.3 Å². The minimum Gasteiger partial charge on any atom is -0.368 e. The molecule has 3 N–H and O–H groups in total. The van der Waals surface area contributed by atoms with Crippen molar-refractivity contribution in [2.75, 3.05) is 0 Å². The SMILES string of the molecule is Cc1cnc(C)c(-c2cccc(C(=O)NC3(C(N)=O)CCCCCC3)c2)n1. The summed E-state index contributed by atoms with van der Waals surface area (Å²) in [4.78, 5) is 34.0.